The Kier molecular flexibility index (Phi) is 6.23. The van der Waals surface area contributed by atoms with E-state index in [1.807, 2.05) is 52.0 Å². The molecule has 1 aromatic carbocycles. The lowest BCUT2D eigenvalue weighted by atomic mass is 10.1. The molecule has 0 fully saturated rings. The van der Waals surface area contributed by atoms with Gasteiger partial charge in [0.1, 0.15) is 11.5 Å². The molecular formula is C18H25N3O3. The van der Waals surface area contributed by atoms with E-state index in [0.717, 1.165) is 34.8 Å². The lowest BCUT2D eigenvalue weighted by molar-refractivity contribution is 0.236. The quantitative estimate of drug-likeness (QED) is 0.762. The molecule has 0 saturated heterocycles. The summed E-state index contributed by atoms with van der Waals surface area (Å²) in [5.41, 5.74) is 2.83. The van der Waals surface area contributed by atoms with Crippen LogP contribution in [0.5, 0.6) is 5.75 Å². The van der Waals surface area contributed by atoms with Crippen molar-refractivity contribution in [3.8, 4) is 5.75 Å². The standard InChI is InChI=1S/C18H25N3O3/c1-12-8-5-6-9-16(12)23-11-7-10-19-18(22)20-13(2)17-14(3)21-24-15(17)4/h5-6,8-9,13H,7,10-11H2,1-4H3,(H2,19,20,22)/t13-/m1/s1. The topological polar surface area (TPSA) is 76.4 Å². The Morgan fingerprint density at radius 2 is 2.04 bits per heavy atom. The van der Waals surface area contributed by atoms with E-state index in [4.69, 9.17) is 9.26 Å². The van der Waals surface area contributed by atoms with Gasteiger partial charge >= 0.3 is 6.03 Å². The monoisotopic (exact) mass is 331 g/mol. The van der Waals surface area contributed by atoms with Crippen LogP contribution in [-0.2, 0) is 0 Å². The minimum Gasteiger partial charge on any atom is -0.493 e. The molecule has 1 aromatic heterocycles. The first-order valence-electron chi connectivity index (χ1n) is 8.14. The number of nitrogens with one attached hydrogen (secondary N) is 2. The fourth-order valence-electron chi connectivity index (χ4n) is 2.60. The number of amides is 2. The van der Waals surface area contributed by atoms with E-state index >= 15 is 0 Å². The lowest BCUT2D eigenvalue weighted by Gasteiger charge is -2.14. The third-order valence-electron chi connectivity index (χ3n) is 3.83. The average Bonchev–Trinajstić information content (AvgIpc) is 2.87. The summed E-state index contributed by atoms with van der Waals surface area (Å²) in [6.45, 7) is 8.74. The molecule has 0 spiro atoms. The Morgan fingerprint density at radius 1 is 1.29 bits per heavy atom. The van der Waals surface area contributed by atoms with Crippen LogP contribution >= 0.6 is 0 Å². The van der Waals surface area contributed by atoms with Crippen molar-refractivity contribution < 1.29 is 14.1 Å². The Balaban J connectivity index is 1.67. The first-order valence-corrected chi connectivity index (χ1v) is 8.14. The molecule has 2 amide bonds. The highest BCUT2D eigenvalue weighted by Gasteiger charge is 2.17. The highest BCUT2D eigenvalue weighted by Crippen LogP contribution is 2.20. The van der Waals surface area contributed by atoms with Crippen LogP contribution in [0.3, 0.4) is 0 Å². The van der Waals surface area contributed by atoms with Crippen molar-refractivity contribution in [2.75, 3.05) is 13.2 Å². The molecule has 1 atom stereocenters. The summed E-state index contributed by atoms with van der Waals surface area (Å²) in [5, 5.41) is 9.63. The molecule has 6 heteroatoms. The number of rotatable bonds is 7. The van der Waals surface area contributed by atoms with Gasteiger partial charge in [-0.15, -0.1) is 0 Å². The molecule has 0 aliphatic rings. The number of para-hydroxylation sites is 1. The molecule has 2 N–H and O–H groups in total. The van der Waals surface area contributed by atoms with E-state index < -0.39 is 0 Å². The van der Waals surface area contributed by atoms with E-state index in [1.54, 1.807) is 0 Å². The van der Waals surface area contributed by atoms with E-state index in [9.17, 15) is 4.79 Å². The fraction of sp³-hybridized carbons (Fsp3) is 0.444. The summed E-state index contributed by atoms with van der Waals surface area (Å²) in [6.07, 6.45) is 0.738. The van der Waals surface area contributed by atoms with Gasteiger partial charge in [0.05, 0.1) is 18.3 Å². The second-order valence-electron chi connectivity index (χ2n) is 5.83. The minimum atomic E-state index is -0.210. The molecule has 0 bridgehead atoms. The van der Waals surface area contributed by atoms with Crippen LogP contribution in [0.2, 0.25) is 0 Å². The van der Waals surface area contributed by atoms with Gasteiger partial charge in [0.15, 0.2) is 0 Å². The number of hydrogen-bond acceptors (Lipinski definition) is 4. The Morgan fingerprint density at radius 3 is 2.71 bits per heavy atom. The molecule has 130 valence electrons. The van der Waals surface area contributed by atoms with Crippen LogP contribution in [-0.4, -0.2) is 24.3 Å². The van der Waals surface area contributed by atoms with Crippen molar-refractivity contribution >= 4 is 6.03 Å². The molecule has 0 saturated carbocycles. The third kappa shape index (κ3) is 4.75. The van der Waals surface area contributed by atoms with Gasteiger partial charge in [0.25, 0.3) is 0 Å². The maximum Gasteiger partial charge on any atom is 0.315 e. The first kappa shape index (κ1) is 17.8. The van der Waals surface area contributed by atoms with Crippen LogP contribution in [0, 0.1) is 20.8 Å². The first-order chi connectivity index (χ1) is 11.5. The second-order valence-corrected chi connectivity index (χ2v) is 5.83. The Bertz CT molecular complexity index is 662. The molecule has 0 unspecified atom stereocenters. The minimum absolute atomic E-state index is 0.153. The summed E-state index contributed by atoms with van der Waals surface area (Å²) in [7, 11) is 0. The molecule has 2 aromatic rings. The number of aryl methyl sites for hydroxylation is 3. The van der Waals surface area contributed by atoms with E-state index in [2.05, 4.69) is 15.8 Å². The molecule has 24 heavy (non-hydrogen) atoms. The predicted octanol–water partition coefficient (Wildman–Crippen LogP) is 3.43. The largest absolute Gasteiger partial charge is 0.493 e. The highest BCUT2D eigenvalue weighted by atomic mass is 16.5. The number of benzene rings is 1. The van der Waals surface area contributed by atoms with Crippen LogP contribution in [0.25, 0.3) is 0 Å². The van der Waals surface area contributed by atoms with Crippen molar-refractivity contribution in [2.24, 2.45) is 0 Å². The number of aromatic nitrogens is 1. The molecular weight excluding hydrogens is 306 g/mol. The molecule has 1 heterocycles. The van der Waals surface area contributed by atoms with E-state index in [1.165, 1.54) is 0 Å². The number of carbonyl (C=O) groups is 1. The second kappa shape index (κ2) is 8.38. The van der Waals surface area contributed by atoms with Crippen molar-refractivity contribution in [3.63, 3.8) is 0 Å². The number of carbonyl (C=O) groups excluding carboxylic acids is 1. The van der Waals surface area contributed by atoms with E-state index in [0.29, 0.717) is 13.2 Å². The molecule has 0 radical (unpaired) electrons. The van der Waals surface area contributed by atoms with Gasteiger partial charge in [-0.3, -0.25) is 0 Å². The maximum atomic E-state index is 11.9. The summed E-state index contributed by atoms with van der Waals surface area (Å²) in [4.78, 5) is 11.9. The number of nitrogens with zero attached hydrogens (tertiary/aromatic N) is 1. The van der Waals surface area contributed by atoms with Crippen molar-refractivity contribution in [3.05, 3.63) is 46.8 Å². The van der Waals surface area contributed by atoms with Crippen LogP contribution < -0.4 is 15.4 Å². The van der Waals surface area contributed by atoms with Crippen molar-refractivity contribution in [2.45, 2.75) is 40.2 Å². The zero-order valence-corrected chi connectivity index (χ0v) is 14.7. The number of hydrogen-bond donors (Lipinski definition) is 2. The van der Waals surface area contributed by atoms with Crippen LogP contribution in [0.1, 0.15) is 42.0 Å². The number of ether oxygens (including phenoxy) is 1. The fourth-order valence-corrected chi connectivity index (χ4v) is 2.60. The highest BCUT2D eigenvalue weighted by molar-refractivity contribution is 5.74. The summed E-state index contributed by atoms with van der Waals surface area (Å²) in [5.74, 6) is 1.61. The average molecular weight is 331 g/mol. The maximum absolute atomic E-state index is 11.9. The van der Waals surface area contributed by atoms with Gasteiger partial charge < -0.3 is 19.9 Å². The van der Waals surface area contributed by atoms with Crippen molar-refractivity contribution in [1.82, 2.24) is 15.8 Å². The summed E-state index contributed by atoms with van der Waals surface area (Å²) >= 11 is 0. The van der Waals surface area contributed by atoms with Gasteiger partial charge in [0, 0.05) is 12.1 Å². The van der Waals surface area contributed by atoms with Gasteiger partial charge in [-0.05, 0) is 45.7 Å². The van der Waals surface area contributed by atoms with E-state index in [-0.39, 0.29) is 12.1 Å². The SMILES string of the molecule is Cc1ccccc1OCCCNC(=O)N[C@H](C)c1c(C)noc1C. The lowest BCUT2D eigenvalue weighted by Crippen LogP contribution is -2.38. The van der Waals surface area contributed by atoms with Crippen LogP contribution in [0.4, 0.5) is 4.79 Å². The smallest absolute Gasteiger partial charge is 0.315 e. The predicted molar refractivity (Wildman–Crippen MR) is 92.2 cm³/mol. The molecule has 2 rings (SSSR count). The summed E-state index contributed by atoms with van der Waals surface area (Å²) in [6, 6.07) is 7.52. The Labute approximate surface area is 142 Å². The van der Waals surface area contributed by atoms with Gasteiger partial charge in [-0.25, -0.2) is 4.79 Å². The van der Waals surface area contributed by atoms with Gasteiger partial charge in [0.2, 0.25) is 0 Å². The van der Waals surface area contributed by atoms with Crippen LogP contribution in [0.15, 0.2) is 28.8 Å². The molecule has 6 nitrogen and oxygen atoms in total. The molecule has 0 aliphatic carbocycles. The summed E-state index contributed by atoms with van der Waals surface area (Å²) < 4.78 is 10.8. The molecule has 0 aliphatic heterocycles. The Hall–Kier alpha value is -2.50. The van der Waals surface area contributed by atoms with Crippen molar-refractivity contribution in [1.29, 1.82) is 0 Å². The van der Waals surface area contributed by atoms with Gasteiger partial charge in [-0.2, -0.15) is 0 Å². The zero-order chi connectivity index (χ0) is 17.5. The third-order valence-corrected chi connectivity index (χ3v) is 3.83. The normalized spacial score (nSPS) is 11.8. The zero-order valence-electron chi connectivity index (χ0n) is 14.7. The number of urea groups is 1. The van der Waals surface area contributed by atoms with Gasteiger partial charge in [-0.1, -0.05) is 23.4 Å².